The van der Waals surface area contributed by atoms with Gasteiger partial charge in [-0.25, -0.2) is 13.8 Å². The zero-order valence-corrected chi connectivity index (χ0v) is 17.5. The molecule has 1 aliphatic rings. The lowest BCUT2D eigenvalue weighted by Crippen LogP contribution is -2.45. The smallest absolute Gasteiger partial charge is 0.264 e. The zero-order chi connectivity index (χ0) is 21.3. The Morgan fingerprint density at radius 1 is 1.34 bits per heavy atom. The van der Waals surface area contributed by atoms with E-state index >= 15 is 0 Å². The summed E-state index contributed by atoms with van der Waals surface area (Å²) >= 11 is -1.04. The van der Waals surface area contributed by atoms with Crippen LogP contribution in [0.3, 0.4) is 0 Å². The van der Waals surface area contributed by atoms with Crippen LogP contribution in [-0.4, -0.2) is 44.1 Å². The molecule has 0 saturated carbocycles. The van der Waals surface area contributed by atoms with Crippen molar-refractivity contribution in [2.45, 2.75) is 51.3 Å². The number of aryl methyl sites for hydroxylation is 1. The molecule has 6 nitrogen and oxygen atoms in total. The third-order valence-electron chi connectivity index (χ3n) is 4.70. The number of alkyl halides is 2. The molecule has 0 aliphatic carbocycles. The first-order valence-electron chi connectivity index (χ1n) is 9.32. The average molecular weight is 423 g/mol. The van der Waals surface area contributed by atoms with Crippen molar-refractivity contribution in [3.8, 4) is 0 Å². The van der Waals surface area contributed by atoms with Gasteiger partial charge in [0.15, 0.2) is 11.1 Å². The van der Waals surface area contributed by atoms with Crippen LogP contribution in [0.25, 0.3) is 6.08 Å². The highest BCUT2D eigenvalue weighted by Gasteiger charge is 2.34. The van der Waals surface area contributed by atoms with Crippen LogP contribution in [0.4, 0.5) is 26.2 Å². The molecule has 0 spiro atoms. The number of hydrogen-bond acceptors (Lipinski definition) is 6. The van der Waals surface area contributed by atoms with Gasteiger partial charge in [-0.05, 0) is 68.7 Å². The fourth-order valence-electron chi connectivity index (χ4n) is 3.19. The number of aromatic nitrogens is 2. The van der Waals surface area contributed by atoms with E-state index < -0.39 is 23.8 Å². The van der Waals surface area contributed by atoms with Crippen molar-refractivity contribution < 1.29 is 18.4 Å². The zero-order valence-electron chi connectivity index (χ0n) is 16.7. The molecule has 1 aliphatic heterocycles. The molecule has 0 radical (unpaired) electrons. The van der Waals surface area contributed by atoms with Crippen molar-refractivity contribution in [2.75, 3.05) is 16.0 Å². The Morgan fingerprint density at radius 2 is 2.07 bits per heavy atom. The minimum absolute atomic E-state index is 0.251. The molecule has 9 heteroatoms. The standard InChI is InChI=1S/C20H24F2N4O2S/c1-5-29(28)14-6-7-16(12(4)8-14)24-20-23-10-13-9-15(17(21)22)19(27)26(11(2)3)18(13)25-20/h6-11,17,19,27H,5H2,1-4H3,(H,23,24,25). The van der Waals surface area contributed by atoms with Gasteiger partial charge in [-0.2, -0.15) is 4.98 Å². The lowest BCUT2D eigenvalue weighted by molar-refractivity contribution is 0.121. The van der Waals surface area contributed by atoms with Crippen molar-refractivity contribution in [1.82, 2.24) is 9.97 Å². The Hall–Kier alpha value is -2.23. The van der Waals surface area contributed by atoms with Crippen LogP contribution in [-0.2, 0) is 11.2 Å². The molecule has 0 fully saturated rings. The molecule has 0 bridgehead atoms. The number of nitrogens with zero attached hydrogens (tertiary/aromatic N) is 3. The Kier molecular flexibility index (Phi) is 6.40. The van der Waals surface area contributed by atoms with E-state index in [9.17, 15) is 18.4 Å². The summed E-state index contributed by atoms with van der Waals surface area (Å²) < 4.78 is 38.6. The molecule has 3 rings (SSSR count). The molecule has 1 aromatic carbocycles. The molecule has 2 heterocycles. The summed E-state index contributed by atoms with van der Waals surface area (Å²) in [5.74, 6) is 1.21. The summed E-state index contributed by atoms with van der Waals surface area (Å²) in [7, 11) is 0. The normalized spacial score (nSPS) is 17.4. The first-order chi connectivity index (χ1) is 13.7. The number of fused-ring (bicyclic) bond motifs is 1. The molecule has 2 aromatic rings. The Bertz CT molecular complexity index is 923. The molecule has 156 valence electrons. The minimum atomic E-state index is -2.77. The average Bonchev–Trinajstić information content (AvgIpc) is 2.67. The quantitative estimate of drug-likeness (QED) is 0.688. The highest BCUT2D eigenvalue weighted by molar-refractivity contribution is 7.91. The topological polar surface area (TPSA) is 84.3 Å². The van der Waals surface area contributed by atoms with E-state index in [1.54, 1.807) is 19.9 Å². The van der Waals surface area contributed by atoms with Gasteiger partial charge in [0.05, 0.1) is 0 Å². The van der Waals surface area contributed by atoms with E-state index in [0.717, 1.165) is 16.1 Å². The van der Waals surface area contributed by atoms with E-state index in [4.69, 9.17) is 0 Å². The second-order valence-corrected chi connectivity index (χ2v) is 8.77. The van der Waals surface area contributed by atoms with Crippen molar-refractivity contribution in [2.24, 2.45) is 0 Å². The van der Waals surface area contributed by atoms with Crippen LogP contribution >= 0.6 is 0 Å². The highest BCUT2D eigenvalue weighted by atomic mass is 32.2. The molecule has 2 N–H and O–H groups in total. The lowest BCUT2D eigenvalue weighted by atomic mass is 10.0. The van der Waals surface area contributed by atoms with Gasteiger partial charge in [0.1, 0.15) is 11.6 Å². The maximum absolute atomic E-state index is 13.3. The molecule has 0 saturated heterocycles. The molecule has 2 atom stereocenters. The summed E-state index contributed by atoms with van der Waals surface area (Å²) in [6.07, 6.45) is -1.51. The SMILES string of the molecule is CC[S+]([O-])c1ccc(Nc2ncc3c(n2)N(C(C)C)C(O)C(C(F)F)=C3)c(C)c1. The van der Waals surface area contributed by atoms with Crippen LogP contribution < -0.4 is 10.2 Å². The van der Waals surface area contributed by atoms with E-state index in [1.165, 1.54) is 17.2 Å². The van der Waals surface area contributed by atoms with Gasteiger partial charge in [-0.3, -0.25) is 0 Å². The second kappa shape index (κ2) is 8.64. The lowest BCUT2D eigenvalue weighted by Gasteiger charge is -2.37. The maximum atomic E-state index is 13.3. The number of anilines is 3. The predicted octanol–water partition coefficient (Wildman–Crippen LogP) is 3.85. The largest absolute Gasteiger partial charge is 0.611 e. The van der Waals surface area contributed by atoms with Crippen molar-refractivity contribution in [3.05, 3.63) is 41.1 Å². The number of aliphatic hydroxyl groups excluding tert-OH is 1. The van der Waals surface area contributed by atoms with Gasteiger partial charge < -0.3 is 19.9 Å². The van der Waals surface area contributed by atoms with Crippen molar-refractivity contribution in [1.29, 1.82) is 0 Å². The van der Waals surface area contributed by atoms with Gasteiger partial charge >= 0.3 is 0 Å². The number of halogens is 2. The van der Waals surface area contributed by atoms with Gasteiger partial charge in [-0.1, -0.05) is 0 Å². The summed E-state index contributed by atoms with van der Waals surface area (Å²) in [5.41, 5.74) is 1.69. The number of aliphatic hydroxyl groups is 1. The van der Waals surface area contributed by atoms with E-state index in [2.05, 4.69) is 15.3 Å². The molecule has 29 heavy (non-hydrogen) atoms. The molecule has 2 unspecified atom stereocenters. The van der Waals surface area contributed by atoms with Crippen LogP contribution in [0.5, 0.6) is 0 Å². The third-order valence-corrected chi connectivity index (χ3v) is 6.01. The summed E-state index contributed by atoms with van der Waals surface area (Å²) in [6, 6.07) is 5.20. The van der Waals surface area contributed by atoms with Gasteiger partial charge in [0.25, 0.3) is 6.43 Å². The maximum Gasteiger partial charge on any atom is 0.264 e. The van der Waals surface area contributed by atoms with E-state index in [-0.39, 0.29) is 17.6 Å². The van der Waals surface area contributed by atoms with Gasteiger partial charge in [0, 0.05) is 29.1 Å². The molecule has 0 amide bonds. The number of benzene rings is 1. The fourth-order valence-corrected chi connectivity index (χ4v) is 4.05. The summed E-state index contributed by atoms with van der Waals surface area (Å²) in [5, 5.41) is 13.5. The Balaban J connectivity index is 1.95. The van der Waals surface area contributed by atoms with Crippen LogP contribution in [0.1, 0.15) is 31.9 Å². The van der Waals surface area contributed by atoms with Gasteiger partial charge in [0.2, 0.25) is 5.95 Å². The van der Waals surface area contributed by atoms with Crippen LogP contribution in [0, 0.1) is 6.92 Å². The highest BCUT2D eigenvalue weighted by Crippen LogP contribution is 2.35. The third kappa shape index (κ3) is 4.36. The fraction of sp³-hybridized carbons (Fsp3) is 0.400. The predicted molar refractivity (Wildman–Crippen MR) is 111 cm³/mol. The molecular formula is C20H24F2N4O2S. The number of nitrogens with one attached hydrogen (secondary N) is 1. The van der Waals surface area contributed by atoms with Crippen molar-refractivity contribution >= 4 is 34.7 Å². The van der Waals surface area contributed by atoms with E-state index in [0.29, 0.717) is 17.1 Å². The summed E-state index contributed by atoms with van der Waals surface area (Å²) in [6.45, 7) is 7.35. The van der Waals surface area contributed by atoms with Crippen LogP contribution in [0.2, 0.25) is 0 Å². The monoisotopic (exact) mass is 422 g/mol. The van der Waals surface area contributed by atoms with Crippen molar-refractivity contribution in [3.63, 3.8) is 0 Å². The molecule has 1 aromatic heterocycles. The summed E-state index contributed by atoms with van der Waals surface area (Å²) in [4.78, 5) is 10.9. The van der Waals surface area contributed by atoms with E-state index in [1.807, 2.05) is 26.0 Å². The molecular weight excluding hydrogens is 398 g/mol. The Labute approximate surface area is 171 Å². The Morgan fingerprint density at radius 3 is 2.66 bits per heavy atom. The number of hydrogen-bond donors (Lipinski definition) is 2. The van der Waals surface area contributed by atoms with Crippen LogP contribution in [0.15, 0.2) is 34.9 Å². The number of rotatable bonds is 6. The minimum Gasteiger partial charge on any atom is -0.611 e. The van der Waals surface area contributed by atoms with Gasteiger partial charge in [-0.15, -0.1) is 0 Å². The first-order valence-corrected chi connectivity index (χ1v) is 10.6. The second-order valence-electron chi connectivity index (χ2n) is 7.03. The first kappa shape index (κ1) is 21.5.